The molecule has 0 saturated heterocycles. The number of hydrogen-bond donors (Lipinski definition) is 0. The second kappa shape index (κ2) is 5.10. The molecule has 0 atom stereocenters. The molecule has 0 aliphatic heterocycles. The summed E-state index contributed by atoms with van der Waals surface area (Å²) in [5.74, 6) is 0. The molecule has 1 heterocycles. The Morgan fingerprint density at radius 1 is 0.909 bits per heavy atom. The highest BCUT2D eigenvalue weighted by Crippen LogP contribution is 2.23. The number of aryl methyl sites for hydroxylation is 1. The third kappa shape index (κ3) is 2.05. The minimum absolute atomic E-state index is 0.130. The Hall–Kier alpha value is -2.40. The molecule has 0 aliphatic carbocycles. The maximum Gasteiger partial charge on any atom is 0.212 e. The number of sulfone groups is 1. The number of para-hydroxylation sites is 1. The lowest BCUT2D eigenvalue weighted by atomic mass is 10.2. The Labute approximate surface area is 128 Å². The Bertz CT molecular complexity index is 1020. The van der Waals surface area contributed by atoms with E-state index in [9.17, 15) is 13.2 Å². The number of fused-ring (bicyclic) bond motifs is 1. The predicted molar refractivity (Wildman–Crippen MR) is 85.8 cm³/mol. The maximum atomic E-state index is 12.9. The third-order valence-corrected chi connectivity index (χ3v) is 5.78. The van der Waals surface area contributed by atoms with Crippen molar-refractivity contribution in [2.45, 2.75) is 16.7 Å². The summed E-state index contributed by atoms with van der Waals surface area (Å²) in [7, 11) is -2.08. The molecule has 2 aromatic carbocycles. The third-order valence-electron chi connectivity index (χ3n) is 3.87. The summed E-state index contributed by atoms with van der Waals surface area (Å²) in [5.41, 5.74) is 0.708. The predicted octanol–water partition coefficient (Wildman–Crippen LogP) is 2.68. The summed E-state index contributed by atoms with van der Waals surface area (Å²) in [6.07, 6.45) is 0. The number of hydrogen-bond acceptors (Lipinski definition) is 3. The molecule has 0 spiro atoms. The molecule has 5 heteroatoms. The standard InChI is InChI=1S/C17H15NO3S/c1-12-17(22(20,21)13-8-4-3-5-9-13)16(19)14-10-6-7-11-15(14)18(12)2/h3-11H,1-2H3. The van der Waals surface area contributed by atoms with Gasteiger partial charge in [0, 0.05) is 18.1 Å². The van der Waals surface area contributed by atoms with Crippen molar-refractivity contribution < 1.29 is 8.42 Å². The van der Waals surface area contributed by atoms with Crippen molar-refractivity contribution in [3.63, 3.8) is 0 Å². The first-order valence-electron chi connectivity index (χ1n) is 6.83. The Balaban J connectivity index is 2.45. The van der Waals surface area contributed by atoms with Gasteiger partial charge in [0.25, 0.3) is 0 Å². The Morgan fingerprint density at radius 3 is 2.18 bits per heavy atom. The van der Waals surface area contributed by atoms with E-state index in [1.165, 1.54) is 12.1 Å². The maximum absolute atomic E-state index is 12.9. The monoisotopic (exact) mass is 313 g/mol. The van der Waals surface area contributed by atoms with Crippen molar-refractivity contribution in [1.82, 2.24) is 4.57 Å². The van der Waals surface area contributed by atoms with Crippen LogP contribution in [0.1, 0.15) is 5.69 Å². The van der Waals surface area contributed by atoms with Gasteiger partial charge in [0.15, 0.2) is 0 Å². The molecule has 0 bridgehead atoms. The van der Waals surface area contributed by atoms with Gasteiger partial charge in [0.1, 0.15) is 4.90 Å². The van der Waals surface area contributed by atoms with Crippen LogP contribution in [0.15, 0.2) is 69.2 Å². The average molecular weight is 313 g/mol. The number of pyridine rings is 1. The van der Waals surface area contributed by atoms with Crippen molar-refractivity contribution in [3.05, 3.63) is 70.5 Å². The molecule has 3 rings (SSSR count). The van der Waals surface area contributed by atoms with Gasteiger partial charge in [-0.05, 0) is 31.2 Å². The Kier molecular flexibility index (Phi) is 3.37. The van der Waals surface area contributed by atoms with Gasteiger partial charge in [-0.1, -0.05) is 30.3 Å². The lowest BCUT2D eigenvalue weighted by Crippen LogP contribution is -2.21. The first-order valence-corrected chi connectivity index (χ1v) is 8.31. The molecule has 0 aliphatic rings. The van der Waals surface area contributed by atoms with Crippen LogP contribution < -0.4 is 5.43 Å². The van der Waals surface area contributed by atoms with Crippen LogP contribution in [0.2, 0.25) is 0 Å². The topological polar surface area (TPSA) is 56.1 Å². The molecular weight excluding hydrogens is 298 g/mol. The minimum atomic E-state index is -3.85. The van der Waals surface area contributed by atoms with Crippen LogP contribution in [-0.2, 0) is 16.9 Å². The number of rotatable bonds is 2. The van der Waals surface area contributed by atoms with Crippen molar-refractivity contribution in [1.29, 1.82) is 0 Å². The van der Waals surface area contributed by atoms with Crippen molar-refractivity contribution in [2.24, 2.45) is 7.05 Å². The molecule has 0 radical (unpaired) electrons. The van der Waals surface area contributed by atoms with E-state index in [1.807, 2.05) is 12.1 Å². The summed E-state index contributed by atoms with van der Waals surface area (Å²) < 4.78 is 27.5. The highest BCUT2D eigenvalue weighted by atomic mass is 32.2. The molecule has 4 nitrogen and oxygen atoms in total. The van der Waals surface area contributed by atoms with Crippen LogP contribution >= 0.6 is 0 Å². The SMILES string of the molecule is Cc1c(S(=O)(=O)c2ccccc2)c(=O)c2ccccc2n1C. The van der Waals surface area contributed by atoms with Gasteiger partial charge in [-0.15, -0.1) is 0 Å². The van der Waals surface area contributed by atoms with E-state index in [4.69, 9.17) is 0 Å². The smallest absolute Gasteiger partial charge is 0.212 e. The van der Waals surface area contributed by atoms with Gasteiger partial charge in [-0.2, -0.15) is 0 Å². The molecule has 0 N–H and O–H groups in total. The molecule has 22 heavy (non-hydrogen) atoms. The summed E-state index contributed by atoms with van der Waals surface area (Å²) in [5, 5.41) is 0.408. The molecular formula is C17H15NO3S. The van der Waals surface area contributed by atoms with Crippen LogP contribution in [0, 0.1) is 6.92 Å². The molecule has 1 aromatic heterocycles. The van der Waals surface area contributed by atoms with E-state index in [-0.39, 0.29) is 9.79 Å². The van der Waals surface area contributed by atoms with Crippen LogP contribution in [-0.4, -0.2) is 13.0 Å². The summed E-state index contributed by atoms with van der Waals surface area (Å²) in [6, 6.07) is 15.1. The fraction of sp³-hybridized carbons (Fsp3) is 0.118. The lowest BCUT2D eigenvalue weighted by Gasteiger charge is -2.14. The van der Waals surface area contributed by atoms with E-state index in [0.29, 0.717) is 11.1 Å². The highest BCUT2D eigenvalue weighted by molar-refractivity contribution is 7.91. The minimum Gasteiger partial charge on any atom is -0.346 e. The quantitative estimate of drug-likeness (QED) is 0.731. The van der Waals surface area contributed by atoms with E-state index >= 15 is 0 Å². The van der Waals surface area contributed by atoms with Crippen molar-refractivity contribution >= 4 is 20.7 Å². The molecule has 0 fully saturated rings. The van der Waals surface area contributed by atoms with Crippen LogP contribution in [0.25, 0.3) is 10.9 Å². The van der Waals surface area contributed by atoms with E-state index in [1.54, 1.807) is 48.9 Å². The molecule has 0 saturated carbocycles. The normalized spacial score (nSPS) is 11.7. The number of aromatic nitrogens is 1. The fourth-order valence-corrected chi connectivity index (χ4v) is 4.24. The largest absolute Gasteiger partial charge is 0.346 e. The van der Waals surface area contributed by atoms with Crippen LogP contribution in [0.4, 0.5) is 0 Å². The second-order valence-electron chi connectivity index (χ2n) is 5.14. The number of nitrogens with zero attached hydrogens (tertiary/aromatic N) is 1. The molecule has 0 amide bonds. The zero-order valence-corrected chi connectivity index (χ0v) is 13.1. The van der Waals surface area contributed by atoms with Gasteiger partial charge in [0.05, 0.1) is 10.4 Å². The van der Waals surface area contributed by atoms with Gasteiger partial charge in [-0.3, -0.25) is 4.79 Å². The van der Waals surface area contributed by atoms with Gasteiger partial charge in [0.2, 0.25) is 15.3 Å². The highest BCUT2D eigenvalue weighted by Gasteiger charge is 2.26. The van der Waals surface area contributed by atoms with Gasteiger partial charge < -0.3 is 4.57 Å². The molecule has 112 valence electrons. The zero-order valence-electron chi connectivity index (χ0n) is 12.3. The van der Waals surface area contributed by atoms with E-state index in [2.05, 4.69) is 0 Å². The first kappa shape index (κ1) is 14.5. The summed E-state index contributed by atoms with van der Waals surface area (Å²) >= 11 is 0. The number of benzene rings is 2. The van der Waals surface area contributed by atoms with Gasteiger partial charge in [-0.25, -0.2) is 8.42 Å². The van der Waals surface area contributed by atoms with E-state index < -0.39 is 15.3 Å². The second-order valence-corrected chi connectivity index (χ2v) is 7.02. The van der Waals surface area contributed by atoms with E-state index in [0.717, 1.165) is 5.52 Å². The summed E-state index contributed by atoms with van der Waals surface area (Å²) in [6.45, 7) is 1.66. The van der Waals surface area contributed by atoms with Gasteiger partial charge >= 0.3 is 0 Å². The first-order chi connectivity index (χ1) is 10.4. The average Bonchev–Trinajstić information content (AvgIpc) is 2.53. The lowest BCUT2D eigenvalue weighted by molar-refractivity contribution is 0.593. The van der Waals surface area contributed by atoms with Crippen molar-refractivity contribution in [2.75, 3.05) is 0 Å². The molecule has 0 unspecified atom stereocenters. The summed E-state index contributed by atoms with van der Waals surface area (Å²) in [4.78, 5) is 12.7. The van der Waals surface area contributed by atoms with Crippen LogP contribution in [0.3, 0.4) is 0 Å². The zero-order chi connectivity index (χ0) is 15.9. The van der Waals surface area contributed by atoms with Crippen molar-refractivity contribution in [3.8, 4) is 0 Å². The molecule has 3 aromatic rings. The Morgan fingerprint density at radius 2 is 1.50 bits per heavy atom. The fourth-order valence-electron chi connectivity index (χ4n) is 2.61. The van der Waals surface area contributed by atoms with Crippen LogP contribution in [0.5, 0.6) is 0 Å².